The molecule has 1 aliphatic rings. The van der Waals surface area contributed by atoms with E-state index in [0.717, 1.165) is 22.5 Å². The summed E-state index contributed by atoms with van der Waals surface area (Å²) in [5.41, 5.74) is 2.50. The minimum absolute atomic E-state index is 0.0214. The van der Waals surface area contributed by atoms with E-state index in [-0.39, 0.29) is 17.7 Å². The molecule has 4 heterocycles. The Labute approximate surface area is 194 Å². The highest BCUT2D eigenvalue weighted by Gasteiger charge is 2.29. The number of benzene rings is 1. The number of hydrogen-bond acceptors (Lipinski definition) is 4. The highest BCUT2D eigenvalue weighted by atomic mass is 35.5. The maximum absolute atomic E-state index is 12.7. The van der Waals surface area contributed by atoms with Crippen LogP contribution in [-0.4, -0.2) is 39.2 Å². The first kappa shape index (κ1) is 20.7. The van der Waals surface area contributed by atoms with Crippen molar-refractivity contribution in [1.82, 2.24) is 19.6 Å². The number of halogens is 1. The van der Waals surface area contributed by atoms with E-state index in [9.17, 15) is 9.59 Å². The largest absolute Gasteiger partial charge is 0.347 e. The summed E-state index contributed by atoms with van der Waals surface area (Å²) >= 11 is 7.43. The molecule has 0 spiro atoms. The van der Waals surface area contributed by atoms with Gasteiger partial charge in [0, 0.05) is 59.6 Å². The van der Waals surface area contributed by atoms with Crippen molar-refractivity contribution in [2.75, 3.05) is 13.1 Å². The summed E-state index contributed by atoms with van der Waals surface area (Å²) in [4.78, 5) is 33.4. The lowest BCUT2D eigenvalue weighted by Gasteiger charge is -2.16. The number of nitrogens with one attached hydrogen (secondary N) is 1. The molecular weight excluding hydrogens is 444 g/mol. The van der Waals surface area contributed by atoms with Gasteiger partial charge in [-0.2, -0.15) is 0 Å². The van der Waals surface area contributed by atoms with Crippen LogP contribution in [0.5, 0.6) is 0 Å². The standard InChI is InChI=1S/C24H21ClN4O2S/c25-19-3-1-17(2-4-19)24(31)29-11-8-18(15-29)20-5-6-21(32-20)23(30)27-14-16-7-10-28-12-9-26-22(28)13-16/h1-7,9-10,12-13,18H,8,11,14-15H2,(H,27,30). The van der Waals surface area contributed by atoms with Gasteiger partial charge >= 0.3 is 0 Å². The Morgan fingerprint density at radius 1 is 1.12 bits per heavy atom. The van der Waals surface area contributed by atoms with E-state index < -0.39 is 0 Å². The normalized spacial score (nSPS) is 15.9. The number of nitrogens with zero attached hydrogens (tertiary/aromatic N) is 3. The quantitative estimate of drug-likeness (QED) is 0.469. The molecule has 162 valence electrons. The number of imidazole rings is 1. The average molecular weight is 465 g/mol. The topological polar surface area (TPSA) is 66.7 Å². The number of likely N-dealkylation sites (tertiary alicyclic amines) is 1. The molecule has 1 unspecified atom stereocenters. The summed E-state index contributed by atoms with van der Waals surface area (Å²) < 4.78 is 1.93. The molecule has 1 fully saturated rings. The van der Waals surface area contributed by atoms with Crippen LogP contribution in [0, 0.1) is 0 Å². The molecule has 2 amide bonds. The summed E-state index contributed by atoms with van der Waals surface area (Å²) in [6.07, 6.45) is 6.46. The number of fused-ring (bicyclic) bond motifs is 1. The summed E-state index contributed by atoms with van der Waals surface area (Å²) in [5, 5.41) is 3.61. The molecule has 1 N–H and O–H groups in total. The number of aromatic nitrogens is 2. The molecule has 0 radical (unpaired) electrons. The number of carbonyl (C=O) groups is 2. The molecule has 32 heavy (non-hydrogen) atoms. The van der Waals surface area contributed by atoms with Crippen LogP contribution in [0.15, 0.2) is 67.1 Å². The van der Waals surface area contributed by atoms with Gasteiger partial charge in [-0.3, -0.25) is 9.59 Å². The Bertz CT molecular complexity index is 1280. The number of thiophene rings is 1. The van der Waals surface area contributed by atoms with Crippen molar-refractivity contribution in [1.29, 1.82) is 0 Å². The third-order valence-corrected chi connectivity index (χ3v) is 7.23. The first-order chi connectivity index (χ1) is 15.6. The second-order valence-electron chi connectivity index (χ2n) is 7.86. The van der Waals surface area contributed by atoms with E-state index in [4.69, 9.17) is 11.6 Å². The third kappa shape index (κ3) is 4.26. The van der Waals surface area contributed by atoms with Crippen LogP contribution in [-0.2, 0) is 6.54 Å². The van der Waals surface area contributed by atoms with Crippen LogP contribution in [0.1, 0.15) is 42.8 Å². The zero-order chi connectivity index (χ0) is 22.1. The van der Waals surface area contributed by atoms with Crippen molar-refractivity contribution in [2.24, 2.45) is 0 Å². The average Bonchev–Trinajstić information content (AvgIpc) is 3.57. The summed E-state index contributed by atoms with van der Waals surface area (Å²) in [6, 6.07) is 14.8. The van der Waals surface area contributed by atoms with Gasteiger partial charge in [-0.1, -0.05) is 11.6 Å². The molecule has 0 aliphatic carbocycles. The number of hydrogen-bond donors (Lipinski definition) is 1. The van der Waals surface area contributed by atoms with Gasteiger partial charge in [0.25, 0.3) is 11.8 Å². The Morgan fingerprint density at radius 2 is 1.97 bits per heavy atom. The van der Waals surface area contributed by atoms with E-state index in [0.29, 0.717) is 35.1 Å². The Balaban J connectivity index is 1.19. The number of pyridine rings is 1. The van der Waals surface area contributed by atoms with Crippen LogP contribution in [0.4, 0.5) is 0 Å². The maximum Gasteiger partial charge on any atom is 0.261 e. The van der Waals surface area contributed by atoms with Gasteiger partial charge in [0.2, 0.25) is 0 Å². The summed E-state index contributed by atoms with van der Waals surface area (Å²) in [6.45, 7) is 1.82. The van der Waals surface area contributed by atoms with Crippen LogP contribution >= 0.6 is 22.9 Å². The number of rotatable bonds is 5. The fourth-order valence-corrected chi connectivity index (χ4v) is 5.15. The van der Waals surface area contributed by atoms with Crippen molar-refractivity contribution < 1.29 is 9.59 Å². The van der Waals surface area contributed by atoms with Crippen LogP contribution in [0.3, 0.4) is 0 Å². The summed E-state index contributed by atoms with van der Waals surface area (Å²) in [5.74, 6) is 0.186. The number of carbonyl (C=O) groups excluding carboxylic acids is 2. The van der Waals surface area contributed by atoms with Crippen LogP contribution in [0.25, 0.3) is 5.65 Å². The van der Waals surface area contributed by atoms with Crippen molar-refractivity contribution in [3.05, 3.63) is 93.0 Å². The van der Waals surface area contributed by atoms with Gasteiger partial charge < -0.3 is 14.6 Å². The molecular formula is C24H21ClN4O2S. The Morgan fingerprint density at radius 3 is 2.81 bits per heavy atom. The molecule has 0 bridgehead atoms. The monoisotopic (exact) mass is 464 g/mol. The smallest absolute Gasteiger partial charge is 0.261 e. The molecule has 1 saturated heterocycles. The van der Waals surface area contributed by atoms with Crippen molar-refractivity contribution in [3.8, 4) is 0 Å². The van der Waals surface area contributed by atoms with Gasteiger partial charge in [-0.05, 0) is 60.5 Å². The van der Waals surface area contributed by atoms with Gasteiger partial charge in [0.15, 0.2) is 0 Å². The molecule has 8 heteroatoms. The van der Waals surface area contributed by atoms with E-state index in [1.807, 2.05) is 46.0 Å². The lowest BCUT2D eigenvalue weighted by atomic mass is 10.1. The second kappa shape index (κ2) is 8.76. The minimum atomic E-state index is -0.0865. The van der Waals surface area contributed by atoms with Crippen LogP contribution in [0.2, 0.25) is 5.02 Å². The first-order valence-electron chi connectivity index (χ1n) is 10.4. The summed E-state index contributed by atoms with van der Waals surface area (Å²) in [7, 11) is 0. The predicted octanol–water partition coefficient (Wildman–Crippen LogP) is 4.61. The zero-order valence-corrected chi connectivity index (χ0v) is 18.8. The van der Waals surface area contributed by atoms with Crippen molar-refractivity contribution >= 4 is 40.4 Å². The van der Waals surface area contributed by atoms with E-state index >= 15 is 0 Å². The lowest BCUT2D eigenvalue weighted by Crippen LogP contribution is -2.28. The zero-order valence-electron chi connectivity index (χ0n) is 17.2. The van der Waals surface area contributed by atoms with Crippen molar-refractivity contribution in [2.45, 2.75) is 18.9 Å². The van der Waals surface area contributed by atoms with Gasteiger partial charge in [-0.15, -0.1) is 11.3 Å². The Hall–Kier alpha value is -3.16. The maximum atomic E-state index is 12.7. The second-order valence-corrected chi connectivity index (χ2v) is 9.41. The fraction of sp³-hybridized carbons (Fsp3) is 0.208. The molecule has 5 rings (SSSR count). The highest BCUT2D eigenvalue weighted by molar-refractivity contribution is 7.14. The number of amides is 2. The molecule has 6 nitrogen and oxygen atoms in total. The molecule has 0 saturated carbocycles. The van der Waals surface area contributed by atoms with Gasteiger partial charge in [0.05, 0.1) is 4.88 Å². The van der Waals surface area contributed by atoms with Crippen molar-refractivity contribution in [3.63, 3.8) is 0 Å². The fourth-order valence-electron chi connectivity index (χ4n) is 3.98. The van der Waals surface area contributed by atoms with Gasteiger partial charge in [0.1, 0.15) is 5.65 Å². The first-order valence-corrected chi connectivity index (χ1v) is 11.6. The Kier molecular flexibility index (Phi) is 5.68. The van der Waals surface area contributed by atoms with E-state index in [2.05, 4.69) is 10.3 Å². The van der Waals surface area contributed by atoms with Crippen LogP contribution < -0.4 is 5.32 Å². The molecule has 3 aromatic heterocycles. The SMILES string of the molecule is O=C(NCc1ccn2ccnc2c1)c1ccc(C2CCN(C(=O)c3ccc(Cl)cc3)C2)s1. The molecule has 1 aliphatic heterocycles. The lowest BCUT2D eigenvalue weighted by molar-refractivity contribution is 0.0790. The van der Waals surface area contributed by atoms with E-state index in [1.165, 1.54) is 11.3 Å². The predicted molar refractivity (Wildman–Crippen MR) is 125 cm³/mol. The van der Waals surface area contributed by atoms with E-state index in [1.54, 1.807) is 30.5 Å². The highest BCUT2D eigenvalue weighted by Crippen LogP contribution is 2.33. The molecule has 1 aromatic carbocycles. The molecule has 4 aromatic rings. The minimum Gasteiger partial charge on any atom is -0.347 e. The third-order valence-electron chi connectivity index (χ3n) is 5.73. The van der Waals surface area contributed by atoms with Gasteiger partial charge in [-0.25, -0.2) is 4.98 Å². The molecule has 1 atom stereocenters.